The van der Waals surface area contributed by atoms with Gasteiger partial charge in [-0.15, -0.1) is 0 Å². The number of carboxylic acids is 1. The van der Waals surface area contributed by atoms with Crippen molar-refractivity contribution in [1.82, 2.24) is 9.80 Å². The molecule has 114 valence electrons. The van der Waals surface area contributed by atoms with Crippen LogP contribution in [-0.2, 0) is 14.4 Å². The summed E-state index contributed by atoms with van der Waals surface area (Å²) >= 11 is 0. The van der Waals surface area contributed by atoms with Crippen LogP contribution in [0.2, 0.25) is 0 Å². The van der Waals surface area contributed by atoms with Gasteiger partial charge in [0.05, 0.1) is 6.54 Å². The minimum Gasteiger partial charge on any atom is -0.481 e. The van der Waals surface area contributed by atoms with E-state index in [-0.39, 0.29) is 36.6 Å². The average molecular weight is 284 g/mol. The second kappa shape index (κ2) is 7.26. The maximum Gasteiger partial charge on any atom is 0.303 e. The normalized spacial score (nSPS) is 20.4. The van der Waals surface area contributed by atoms with Gasteiger partial charge in [-0.2, -0.15) is 0 Å². The van der Waals surface area contributed by atoms with Crippen molar-refractivity contribution >= 4 is 17.8 Å². The molecule has 0 aromatic heterocycles. The number of carboxylic acid groups (broad SMARTS) is 1. The van der Waals surface area contributed by atoms with Gasteiger partial charge in [0.2, 0.25) is 11.8 Å². The fourth-order valence-corrected chi connectivity index (χ4v) is 2.56. The number of rotatable bonds is 5. The fourth-order valence-electron chi connectivity index (χ4n) is 2.56. The first-order chi connectivity index (χ1) is 9.31. The average Bonchev–Trinajstić information content (AvgIpc) is 2.37. The van der Waals surface area contributed by atoms with Crippen LogP contribution in [0.25, 0.3) is 0 Å². The minimum absolute atomic E-state index is 0.0603. The predicted octanol–water partition coefficient (Wildman–Crippen LogP) is 0.814. The molecule has 1 saturated heterocycles. The van der Waals surface area contributed by atoms with Gasteiger partial charge in [-0.1, -0.05) is 6.92 Å². The lowest BCUT2D eigenvalue weighted by molar-refractivity contribution is -0.140. The van der Waals surface area contributed by atoms with E-state index in [2.05, 4.69) is 0 Å². The molecule has 1 rings (SSSR count). The number of likely N-dealkylation sites (tertiary alicyclic amines) is 1. The van der Waals surface area contributed by atoms with Gasteiger partial charge >= 0.3 is 5.97 Å². The van der Waals surface area contributed by atoms with E-state index in [4.69, 9.17) is 5.11 Å². The highest BCUT2D eigenvalue weighted by Crippen LogP contribution is 2.26. The summed E-state index contributed by atoms with van der Waals surface area (Å²) in [4.78, 5) is 37.2. The Morgan fingerprint density at radius 1 is 1.40 bits per heavy atom. The molecule has 2 unspecified atom stereocenters. The van der Waals surface area contributed by atoms with Gasteiger partial charge in [0.25, 0.3) is 0 Å². The minimum atomic E-state index is -0.794. The Balaban J connectivity index is 2.53. The molecule has 1 heterocycles. The van der Waals surface area contributed by atoms with Crippen LogP contribution in [0.3, 0.4) is 0 Å². The molecular formula is C14H24N2O4. The van der Waals surface area contributed by atoms with Crippen LogP contribution in [0.5, 0.6) is 0 Å². The highest BCUT2D eigenvalue weighted by atomic mass is 16.4. The van der Waals surface area contributed by atoms with Crippen molar-refractivity contribution in [3.05, 3.63) is 0 Å². The first-order valence-corrected chi connectivity index (χ1v) is 7.02. The van der Waals surface area contributed by atoms with Gasteiger partial charge in [-0.05, 0) is 24.7 Å². The van der Waals surface area contributed by atoms with Gasteiger partial charge in [-0.25, -0.2) is 0 Å². The number of amides is 2. The third-order valence-electron chi connectivity index (χ3n) is 4.02. The highest BCUT2D eigenvalue weighted by Gasteiger charge is 2.28. The van der Waals surface area contributed by atoms with Crippen molar-refractivity contribution in [1.29, 1.82) is 0 Å². The molecule has 1 aliphatic rings. The van der Waals surface area contributed by atoms with Crippen LogP contribution >= 0.6 is 0 Å². The Morgan fingerprint density at radius 2 is 2.05 bits per heavy atom. The van der Waals surface area contributed by atoms with E-state index in [1.165, 1.54) is 11.8 Å². The van der Waals surface area contributed by atoms with Crippen LogP contribution in [0.4, 0.5) is 0 Å². The number of likely N-dealkylation sites (N-methyl/N-ethyl adjacent to an activating group) is 1. The zero-order chi connectivity index (χ0) is 15.3. The Kier molecular flexibility index (Phi) is 5.98. The van der Waals surface area contributed by atoms with Crippen molar-refractivity contribution in [2.75, 3.05) is 26.7 Å². The van der Waals surface area contributed by atoms with Crippen LogP contribution in [0, 0.1) is 11.8 Å². The topological polar surface area (TPSA) is 77.9 Å². The molecule has 1 aliphatic heterocycles. The number of carbonyl (C=O) groups is 3. The summed E-state index contributed by atoms with van der Waals surface area (Å²) in [5.74, 6) is -0.696. The van der Waals surface area contributed by atoms with Crippen molar-refractivity contribution in [3.8, 4) is 0 Å². The first kappa shape index (κ1) is 16.5. The molecular weight excluding hydrogens is 260 g/mol. The molecule has 0 spiro atoms. The van der Waals surface area contributed by atoms with Gasteiger partial charge in [0.1, 0.15) is 0 Å². The number of nitrogens with zero attached hydrogens (tertiary/aromatic N) is 2. The summed E-state index contributed by atoms with van der Waals surface area (Å²) in [6.45, 7) is 4.74. The van der Waals surface area contributed by atoms with E-state index in [0.29, 0.717) is 13.1 Å². The van der Waals surface area contributed by atoms with Crippen LogP contribution in [0.15, 0.2) is 0 Å². The van der Waals surface area contributed by atoms with E-state index >= 15 is 0 Å². The molecule has 0 radical (unpaired) electrons. The fraction of sp³-hybridized carbons (Fsp3) is 0.786. The van der Waals surface area contributed by atoms with E-state index < -0.39 is 5.97 Å². The standard InChI is InChI=1S/C14H24N2O4/c1-10(7-14(19)20)12-5-4-6-16(8-12)13(18)9-15(3)11(2)17/h10,12H,4-9H2,1-3H3,(H,19,20). The summed E-state index contributed by atoms with van der Waals surface area (Å²) in [6, 6.07) is 0. The molecule has 2 amide bonds. The summed E-state index contributed by atoms with van der Waals surface area (Å²) in [5, 5.41) is 8.84. The highest BCUT2D eigenvalue weighted by molar-refractivity contribution is 5.83. The molecule has 0 aromatic rings. The lowest BCUT2D eigenvalue weighted by atomic mass is 9.84. The van der Waals surface area contributed by atoms with Gasteiger partial charge in [0, 0.05) is 33.5 Å². The van der Waals surface area contributed by atoms with Crippen molar-refractivity contribution in [2.24, 2.45) is 11.8 Å². The zero-order valence-corrected chi connectivity index (χ0v) is 12.5. The van der Waals surface area contributed by atoms with Crippen molar-refractivity contribution in [2.45, 2.75) is 33.1 Å². The predicted molar refractivity (Wildman–Crippen MR) is 74.0 cm³/mol. The number of carbonyl (C=O) groups excluding carboxylic acids is 2. The molecule has 0 saturated carbocycles. The summed E-state index contributed by atoms with van der Waals surface area (Å²) < 4.78 is 0. The van der Waals surface area contributed by atoms with Crippen molar-refractivity contribution in [3.63, 3.8) is 0 Å². The second-order valence-corrected chi connectivity index (χ2v) is 5.69. The van der Waals surface area contributed by atoms with E-state index in [9.17, 15) is 14.4 Å². The molecule has 0 aromatic carbocycles. The Hall–Kier alpha value is -1.59. The first-order valence-electron chi connectivity index (χ1n) is 7.02. The number of hydrogen-bond donors (Lipinski definition) is 1. The van der Waals surface area contributed by atoms with E-state index in [1.54, 1.807) is 11.9 Å². The second-order valence-electron chi connectivity index (χ2n) is 5.69. The number of aliphatic carboxylic acids is 1. The van der Waals surface area contributed by atoms with Gasteiger partial charge in [0.15, 0.2) is 0 Å². The molecule has 0 bridgehead atoms. The maximum atomic E-state index is 12.1. The van der Waals surface area contributed by atoms with Gasteiger partial charge < -0.3 is 14.9 Å². The molecule has 20 heavy (non-hydrogen) atoms. The van der Waals surface area contributed by atoms with Gasteiger partial charge in [-0.3, -0.25) is 14.4 Å². The largest absolute Gasteiger partial charge is 0.481 e. The third kappa shape index (κ3) is 4.83. The molecule has 1 fully saturated rings. The number of piperidine rings is 1. The van der Waals surface area contributed by atoms with E-state index in [1.807, 2.05) is 6.92 Å². The SMILES string of the molecule is CC(=O)N(C)CC(=O)N1CCCC(C(C)CC(=O)O)C1. The Labute approximate surface area is 119 Å². The molecule has 1 N–H and O–H groups in total. The molecule has 2 atom stereocenters. The van der Waals surface area contributed by atoms with Crippen LogP contribution in [-0.4, -0.2) is 59.4 Å². The summed E-state index contributed by atoms with van der Waals surface area (Å²) in [6.07, 6.45) is 1.99. The Bertz CT molecular complexity index is 383. The smallest absolute Gasteiger partial charge is 0.303 e. The molecule has 6 heteroatoms. The monoisotopic (exact) mass is 284 g/mol. The van der Waals surface area contributed by atoms with Crippen LogP contribution < -0.4 is 0 Å². The molecule has 0 aliphatic carbocycles. The summed E-state index contributed by atoms with van der Waals surface area (Å²) in [7, 11) is 1.61. The van der Waals surface area contributed by atoms with Crippen molar-refractivity contribution < 1.29 is 19.5 Å². The Morgan fingerprint density at radius 3 is 2.60 bits per heavy atom. The third-order valence-corrected chi connectivity index (χ3v) is 4.02. The lowest BCUT2D eigenvalue weighted by Crippen LogP contribution is -2.46. The zero-order valence-electron chi connectivity index (χ0n) is 12.5. The maximum absolute atomic E-state index is 12.1. The molecule has 6 nitrogen and oxygen atoms in total. The van der Waals surface area contributed by atoms with E-state index in [0.717, 1.165) is 12.8 Å². The summed E-state index contributed by atoms with van der Waals surface area (Å²) in [5.41, 5.74) is 0. The quantitative estimate of drug-likeness (QED) is 0.810. The van der Waals surface area contributed by atoms with Crippen LogP contribution in [0.1, 0.15) is 33.1 Å². The lowest BCUT2D eigenvalue weighted by Gasteiger charge is -2.36. The number of hydrogen-bond acceptors (Lipinski definition) is 3.